The van der Waals surface area contributed by atoms with Crippen molar-refractivity contribution < 1.29 is 23.9 Å². The van der Waals surface area contributed by atoms with E-state index in [9.17, 15) is 14.9 Å². The van der Waals surface area contributed by atoms with Crippen LogP contribution >= 0.6 is 0 Å². The van der Waals surface area contributed by atoms with Crippen LogP contribution in [0.2, 0.25) is 0 Å². The SMILES string of the molecule is O=C(Oc1ccccc1)c1cc2c(cc1[N+](=O)[O-])OCCO2. The monoisotopic (exact) mass is 301 g/mol. The van der Waals surface area contributed by atoms with Crippen LogP contribution in [0.15, 0.2) is 42.5 Å². The Morgan fingerprint density at radius 3 is 2.36 bits per heavy atom. The highest BCUT2D eigenvalue weighted by Crippen LogP contribution is 2.37. The summed E-state index contributed by atoms with van der Waals surface area (Å²) < 4.78 is 15.8. The van der Waals surface area contributed by atoms with E-state index in [1.165, 1.54) is 12.1 Å². The lowest BCUT2D eigenvalue weighted by Gasteiger charge is -2.18. The summed E-state index contributed by atoms with van der Waals surface area (Å²) in [4.78, 5) is 22.7. The summed E-state index contributed by atoms with van der Waals surface area (Å²) in [6, 6.07) is 10.8. The second-order valence-electron chi connectivity index (χ2n) is 4.47. The highest BCUT2D eigenvalue weighted by molar-refractivity contribution is 5.96. The van der Waals surface area contributed by atoms with Crippen molar-refractivity contribution in [1.82, 2.24) is 0 Å². The van der Waals surface area contributed by atoms with E-state index in [1.54, 1.807) is 30.3 Å². The fraction of sp³-hybridized carbons (Fsp3) is 0.133. The number of fused-ring (bicyclic) bond motifs is 1. The number of nitrogens with zero attached hydrogens (tertiary/aromatic N) is 1. The molecule has 0 aromatic heterocycles. The zero-order valence-electron chi connectivity index (χ0n) is 11.4. The topological polar surface area (TPSA) is 87.9 Å². The van der Waals surface area contributed by atoms with Crippen LogP contribution in [-0.4, -0.2) is 24.1 Å². The summed E-state index contributed by atoms with van der Waals surface area (Å²) in [5.74, 6) is 0.0117. The van der Waals surface area contributed by atoms with Crippen molar-refractivity contribution >= 4 is 11.7 Å². The van der Waals surface area contributed by atoms with Crippen LogP contribution in [0.25, 0.3) is 0 Å². The van der Waals surface area contributed by atoms with Crippen LogP contribution in [0.3, 0.4) is 0 Å². The summed E-state index contributed by atoms with van der Waals surface area (Å²) in [6.45, 7) is 0.621. The maximum absolute atomic E-state index is 12.2. The first-order valence-electron chi connectivity index (χ1n) is 6.50. The molecule has 1 aliphatic heterocycles. The Morgan fingerprint density at radius 1 is 1.09 bits per heavy atom. The van der Waals surface area contributed by atoms with Crippen LogP contribution in [-0.2, 0) is 0 Å². The van der Waals surface area contributed by atoms with Gasteiger partial charge in [-0.05, 0) is 12.1 Å². The molecule has 1 heterocycles. The quantitative estimate of drug-likeness (QED) is 0.375. The van der Waals surface area contributed by atoms with Gasteiger partial charge in [0.15, 0.2) is 11.5 Å². The average Bonchev–Trinajstić information content (AvgIpc) is 2.54. The Hall–Kier alpha value is -3.09. The third-order valence-corrected chi connectivity index (χ3v) is 3.03. The Balaban J connectivity index is 1.97. The molecule has 0 radical (unpaired) electrons. The first-order chi connectivity index (χ1) is 10.6. The molecule has 0 saturated heterocycles. The fourth-order valence-electron chi connectivity index (χ4n) is 2.04. The van der Waals surface area contributed by atoms with Gasteiger partial charge in [0.2, 0.25) is 0 Å². The predicted octanol–water partition coefficient (Wildman–Crippen LogP) is 2.59. The highest BCUT2D eigenvalue weighted by atomic mass is 16.6. The van der Waals surface area contributed by atoms with E-state index in [4.69, 9.17) is 14.2 Å². The minimum Gasteiger partial charge on any atom is -0.486 e. The normalized spacial score (nSPS) is 12.5. The van der Waals surface area contributed by atoms with Gasteiger partial charge < -0.3 is 14.2 Å². The summed E-state index contributed by atoms with van der Waals surface area (Å²) in [5, 5.41) is 11.2. The number of hydrogen-bond acceptors (Lipinski definition) is 6. The van der Waals surface area contributed by atoms with E-state index in [1.807, 2.05) is 0 Å². The smallest absolute Gasteiger partial charge is 0.350 e. The van der Waals surface area contributed by atoms with Gasteiger partial charge in [0.1, 0.15) is 24.5 Å². The zero-order valence-corrected chi connectivity index (χ0v) is 11.4. The van der Waals surface area contributed by atoms with E-state index in [0.717, 1.165) is 0 Å². The number of carbonyl (C=O) groups is 1. The molecule has 0 amide bonds. The maximum Gasteiger partial charge on any atom is 0.350 e. The molecule has 0 N–H and O–H groups in total. The second kappa shape index (κ2) is 5.72. The number of ether oxygens (including phenoxy) is 3. The van der Waals surface area contributed by atoms with Gasteiger partial charge in [0.05, 0.1) is 11.0 Å². The maximum atomic E-state index is 12.2. The molecule has 0 atom stereocenters. The van der Waals surface area contributed by atoms with Crippen molar-refractivity contribution in [3.63, 3.8) is 0 Å². The Labute approximate surface area is 125 Å². The van der Waals surface area contributed by atoms with Crippen molar-refractivity contribution in [2.24, 2.45) is 0 Å². The molecule has 0 aliphatic carbocycles. The van der Waals surface area contributed by atoms with Gasteiger partial charge in [-0.25, -0.2) is 4.79 Å². The standard InChI is InChI=1S/C15H11NO6/c17-15(22-10-4-2-1-3-5-10)11-8-13-14(21-7-6-20-13)9-12(11)16(18)19/h1-5,8-9H,6-7H2. The van der Waals surface area contributed by atoms with Gasteiger partial charge >= 0.3 is 5.97 Å². The van der Waals surface area contributed by atoms with E-state index >= 15 is 0 Å². The number of carbonyl (C=O) groups excluding carboxylic acids is 1. The molecule has 0 fully saturated rings. The van der Waals surface area contributed by atoms with Gasteiger partial charge in [-0.3, -0.25) is 10.1 Å². The van der Waals surface area contributed by atoms with E-state index in [2.05, 4.69) is 0 Å². The molecule has 1 aliphatic rings. The Morgan fingerprint density at radius 2 is 1.73 bits per heavy atom. The third-order valence-electron chi connectivity index (χ3n) is 3.03. The molecule has 0 spiro atoms. The second-order valence-corrected chi connectivity index (χ2v) is 4.47. The van der Waals surface area contributed by atoms with E-state index in [0.29, 0.717) is 19.0 Å². The van der Waals surface area contributed by atoms with E-state index in [-0.39, 0.29) is 22.7 Å². The molecule has 7 nitrogen and oxygen atoms in total. The van der Waals surface area contributed by atoms with Crippen LogP contribution in [0.4, 0.5) is 5.69 Å². The summed E-state index contributed by atoms with van der Waals surface area (Å²) in [6.07, 6.45) is 0. The van der Waals surface area contributed by atoms with Crippen LogP contribution in [0, 0.1) is 10.1 Å². The number of nitro benzene ring substituents is 1. The lowest BCUT2D eigenvalue weighted by molar-refractivity contribution is -0.385. The van der Waals surface area contributed by atoms with Gasteiger partial charge in [-0.1, -0.05) is 18.2 Å². The lowest BCUT2D eigenvalue weighted by Crippen LogP contribution is -2.17. The fourth-order valence-corrected chi connectivity index (χ4v) is 2.04. The van der Waals surface area contributed by atoms with Crippen LogP contribution in [0.5, 0.6) is 17.2 Å². The molecule has 112 valence electrons. The van der Waals surface area contributed by atoms with Gasteiger partial charge in [0, 0.05) is 6.07 Å². The first kappa shape index (κ1) is 13.9. The molecule has 7 heteroatoms. The number of nitro groups is 1. The van der Waals surface area contributed by atoms with Crippen molar-refractivity contribution in [1.29, 1.82) is 0 Å². The van der Waals surface area contributed by atoms with E-state index < -0.39 is 10.9 Å². The van der Waals surface area contributed by atoms with Gasteiger partial charge in [-0.15, -0.1) is 0 Å². The molecule has 0 saturated carbocycles. The van der Waals surface area contributed by atoms with Crippen molar-refractivity contribution in [2.75, 3.05) is 13.2 Å². The minimum atomic E-state index is -0.824. The molecule has 2 aromatic carbocycles. The molecule has 22 heavy (non-hydrogen) atoms. The zero-order chi connectivity index (χ0) is 15.5. The first-order valence-corrected chi connectivity index (χ1v) is 6.50. The van der Waals surface area contributed by atoms with Gasteiger partial charge in [-0.2, -0.15) is 0 Å². The number of esters is 1. The third kappa shape index (κ3) is 2.69. The Bertz CT molecular complexity index is 728. The van der Waals surface area contributed by atoms with Crippen molar-refractivity contribution in [3.05, 3.63) is 58.1 Å². The van der Waals surface area contributed by atoms with Crippen molar-refractivity contribution in [2.45, 2.75) is 0 Å². The Kier molecular flexibility index (Phi) is 3.61. The molecule has 0 unspecified atom stereocenters. The largest absolute Gasteiger partial charge is 0.486 e. The molecular formula is C15H11NO6. The average molecular weight is 301 g/mol. The molecular weight excluding hydrogens is 290 g/mol. The summed E-state index contributed by atoms with van der Waals surface area (Å²) in [7, 11) is 0. The number of para-hydroxylation sites is 1. The van der Waals surface area contributed by atoms with Crippen molar-refractivity contribution in [3.8, 4) is 17.2 Å². The summed E-state index contributed by atoms with van der Waals surface area (Å²) >= 11 is 0. The predicted molar refractivity (Wildman–Crippen MR) is 75.5 cm³/mol. The van der Waals surface area contributed by atoms with Crippen LogP contribution in [0.1, 0.15) is 10.4 Å². The summed E-state index contributed by atoms with van der Waals surface area (Å²) in [5.41, 5.74) is -0.566. The number of rotatable bonds is 3. The van der Waals surface area contributed by atoms with Gasteiger partial charge in [0.25, 0.3) is 5.69 Å². The number of benzene rings is 2. The lowest BCUT2D eigenvalue weighted by atomic mass is 10.1. The molecule has 0 bridgehead atoms. The minimum absolute atomic E-state index is 0.182. The van der Waals surface area contributed by atoms with Crippen LogP contribution < -0.4 is 14.2 Å². The highest BCUT2D eigenvalue weighted by Gasteiger charge is 2.27. The molecule has 3 rings (SSSR count). The molecule has 2 aromatic rings. The number of hydrogen-bond donors (Lipinski definition) is 0.